The molecule has 1 aliphatic rings. The maximum Gasteiger partial charge on any atom is 0.0788 e. The van der Waals surface area contributed by atoms with Crippen molar-refractivity contribution in [2.45, 2.75) is 33.2 Å². The van der Waals surface area contributed by atoms with Gasteiger partial charge in [-0.1, -0.05) is 13.0 Å². The van der Waals surface area contributed by atoms with E-state index in [1.807, 2.05) is 0 Å². The molecule has 1 unspecified atom stereocenters. The number of hydrogen-bond acceptors (Lipinski definition) is 3. The van der Waals surface area contributed by atoms with Gasteiger partial charge in [0.25, 0.3) is 0 Å². The van der Waals surface area contributed by atoms with Crippen molar-refractivity contribution in [3.63, 3.8) is 0 Å². The highest BCUT2D eigenvalue weighted by Crippen LogP contribution is 2.31. The molecular weight excluding hydrogens is 174 g/mol. The number of nitrogens with zero attached hydrogens (tertiary/aromatic N) is 1. The summed E-state index contributed by atoms with van der Waals surface area (Å²) in [5, 5.41) is 2.18. The van der Waals surface area contributed by atoms with Gasteiger partial charge in [0, 0.05) is 6.04 Å². The molecule has 1 heterocycles. The van der Waals surface area contributed by atoms with Gasteiger partial charge in [0.2, 0.25) is 0 Å². The molecule has 1 aromatic rings. The minimum atomic E-state index is 0.505. The lowest BCUT2D eigenvalue weighted by atomic mass is 10.1. The Kier molecular flexibility index (Phi) is 2.33. The van der Waals surface area contributed by atoms with Crippen molar-refractivity contribution in [1.82, 2.24) is 5.53 Å². The molecular formula is C11H17N3. The van der Waals surface area contributed by atoms with E-state index in [4.69, 9.17) is 0 Å². The summed E-state index contributed by atoms with van der Waals surface area (Å²) in [5.74, 6) is 0. The molecule has 14 heavy (non-hydrogen) atoms. The average molecular weight is 191 g/mol. The van der Waals surface area contributed by atoms with Crippen molar-refractivity contribution in [2.24, 2.45) is 0 Å². The van der Waals surface area contributed by atoms with Gasteiger partial charge in [0.15, 0.2) is 0 Å². The summed E-state index contributed by atoms with van der Waals surface area (Å²) in [6, 6.07) is 6.94. The molecule has 1 aromatic carbocycles. The molecule has 0 saturated heterocycles. The number of aryl methyl sites for hydroxylation is 1. The first-order chi connectivity index (χ1) is 6.72. The molecule has 0 radical (unpaired) electrons. The van der Waals surface area contributed by atoms with Crippen LogP contribution in [0.4, 0.5) is 11.4 Å². The van der Waals surface area contributed by atoms with Crippen molar-refractivity contribution in [2.75, 3.05) is 10.4 Å². The Morgan fingerprint density at radius 2 is 2.21 bits per heavy atom. The SMILES string of the molecule is CCC(C)N1NNc2ccc(C)cc21. The predicted octanol–water partition coefficient (Wildman–Crippen LogP) is 2.45. The molecule has 1 atom stereocenters. The first kappa shape index (κ1) is 9.34. The van der Waals surface area contributed by atoms with E-state index in [9.17, 15) is 0 Å². The lowest BCUT2D eigenvalue weighted by Crippen LogP contribution is -2.42. The van der Waals surface area contributed by atoms with Gasteiger partial charge in [-0.05, 0) is 38.0 Å². The van der Waals surface area contributed by atoms with Gasteiger partial charge in [-0.3, -0.25) is 5.01 Å². The molecule has 3 nitrogen and oxygen atoms in total. The standard InChI is InChI=1S/C11H17N3/c1-4-9(3)14-11-7-8(2)5-6-10(11)12-13-14/h5-7,9,12-13H,4H2,1-3H3. The molecule has 0 aliphatic carbocycles. The summed E-state index contributed by atoms with van der Waals surface area (Å²) in [6.07, 6.45) is 1.13. The van der Waals surface area contributed by atoms with Crippen LogP contribution in [0.25, 0.3) is 0 Å². The lowest BCUT2D eigenvalue weighted by Gasteiger charge is -2.24. The molecule has 0 fully saturated rings. The third-order valence-corrected chi connectivity index (χ3v) is 2.76. The van der Waals surface area contributed by atoms with Gasteiger partial charge < -0.3 is 5.43 Å². The topological polar surface area (TPSA) is 27.3 Å². The van der Waals surface area contributed by atoms with Crippen LogP contribution in [0.5, 0.6) is 0 Å². The zero-order valence-electron chi connectivity index (χ0n) is 8.96. The monoisotopic (exact) mass is 191 g/mol. The second kappa shape index (κ2) is 3.50. The van der Waals surface area contributed by atoms with E-state index in [-0.39, 0.29) is 0 Å². The van der Waals surface area contributed by atoms with Crippen LogP contribution >= 0.6 is 0 Å². The second-order valence-electron chi connectivity index (χ2n) is 3.88. The Morgan fingerprint density at radius 3 is 2.93 bits per heavy atom. The van der Waals surface area contributed by atoms with E-state index in [2.05, 4.69) is 54.9 Å². The van der Waals surface area contributed by atoms with Crippen molar-refractivity contribution in [3.05, 3.63) is 23.8 Å². The van der Waals surface area contributed by atoms with Crippen LogP contribution in [0.2, 0.25) is 0 Å². The van der Waals surface area contributed by atoms with E-state index in [0.717, 1.165) is 12.1 Å². The normalized spacial score (nSPS) is 16.4. The average Bonchev–Trinajstić information content (AvgIpc) is 2.59. The molecule has 0 saturated carbocycles. The summed E-state index contributed by atoms with van der Waals surface area (Å²) in [6.45, 7) is 6.53. The molecule has 0 aromatic heterocycles. The van der Waals surface area contributed by atoms with Gasteiger partial charge in [-0.25, -0.2) is 0 Å². The van der Waals surface area contributed by atoms with Crippen molar-refractivity contribution in [1.29, 1.82) is 0 Å². The van der Waals surface area contributed by atoms with Crippen LogP contribution in [0, 0.1) is 6.92 Å². The molecule has 2 N–H and O–H groups in total. The first-order valence-electron chi connectivity index (χ1n) is 5.14. The van der Waals surface area contributed by atoms with E-state index in [0.29, 0.717) is 6.04 Å². The van der Waals surface area contributed by atoms with Crippen LogP contribution in [0.15, 0.2) is 18.2 Å². The van der Waals surface area contributed by atoms with E-state index in [1.165, 1.54) is 11.3 Å². The Bertz CT molecular complexity index is 335. The zero-order chi connectivity index (χ0) is 10.1. The Labute approximate surface area is 85.1 Å². The second-order valence-corrected chi connectivity index (χ2v) is 3.88. The fraction of sp³-hybridized carbons (Fsp3) is 0.455. The number of rotatable bonds is 2. The fourth-order valence-corrected chi connectivity index (χ4v) is 1.66. The molecule has 0 amide bonds. The quantitative estimate of drug-likeness (QED) is 0.752. The third-order valence-electron chi connectivity index (χ3n) is 2.76. The summed E-state index contributed by atoms with van der Waals surface area (Å²) in [7, 11) is 0. The number of hydrogen-bond donors (Lipinski definition) is 2. The minimum absolute atomic E-state index is 0.505. The third kappa shape index (κ3) is 1.44. The number of benzene rings is 1. The summed E-state index contributed by atoms with van der Waals surface area (Å²) < 4.78 is 0. The number of anilines is 2. The van der Waals surface area contributed by atoms with Crippen LogP contribution in [-0.4, -0.2) is 6.04 Å². The Balaban J connectivity index is 2.33. The van der Waals surface area contributed by atoms with Gasteiger partial charge >= 0.3 is 0 Å². The fourth-order valence-electron chi connectivity index (χ4n) is 1.66. The number of hydrazine groups is 2. The Hall–Kier alpha value is -1.22. The summed E-state index contributed by atoms with van der Waals surface area (Å²) in [5.41, 5.74) is 10.1. The summed E-state index contributed by atoms with van der Waals surface area (Å²) >= 11 is 0. The van der Waals surface area contributed by atoms with Crippen molar-refractivity contribution in [3.8, 4) is 0 Å². The van der Waals surface area contributed by atoms with Crippen LogP contribution in [0.3, 0.4) is 0 Å². The largest absolute Gasteiger partial charge is 0.302 e. The number of fused-ring (bicyclic) bond motifs is 1. The Morgan fingerprint density at radius 1 is 1.43 bits per heavy atom. The highest BCUT2D eigenvalue weighted by atomic mass is 15.7. The van der Waals surface area contributed by atoms with Gasteiger partial charge in [0.1, 0.15) is 0 Å². The molecule has 3 heteroatoms. The zero-order valence-corrected chi connectivity index (χ0v) is 8.96. The van der Waals surface area contributed by atoms with E-state index in [1.54, 1.807) is 0 Å². The van der Waals surface area contributed by atoms with E-state index < -0.39 is 0 Å². The maximum absolute atomic E-state index is 3.18. The predicted molar refractivity (Wildman–Crippen MR) is 60.2 cm³/mol. The molecule has 76 valence electrons. The van der Waals surface area contributed by atoms with Crippen LogP contribution < -0.4 is 16.0 Å². The first-order valence-corrected chi connectivity index (χ1v) is 5.14. The molecule has 1 aliphatic heterocycles. The van der Waals surface area contributed by atoms with E-state index >= 15 is 0 Å². The molecule has 0 bridgehead atoms. The number of nitrogens with one attached hydrogen (secondary N) is 2. The smallest absolute Gasteiger partial charge is 0.0788 e. The van der Waals surface area contributed by atoms with Crippen LogP contribution in [0.1, 0.15) is 25.8 Å². The van der Waals surface area contributed by atoms with Crippen LogP contribution in [-0.2, 0) is 0 Å². The highest BCUT2D eigenvalue weighted by molar-refractivity contribution is 5.74. The highest BCUT2D eigenvalue weighted by Gasteiger charge is 2.21. The van der Waals surface area contributed by atoms with Crippen molar-refractivity contribution >= 4 is 11.4 Å². The van der Waals surface area contributed by atoms with Gasteiger partial charge in [0.05, 0.1) is 11.4 Å². The maximum atomic E-state index is 3.18. The molecule has 0 spiro atoms. The molecule has 2 rings (SSSR count). The van der Waals surface area contributed by atoms with Gasteiger partial charge in [-0.15, -0.1) is 5.53 Å². The lowest BCUT2D eigenvalue weighted by molar-refractivity contribution is 0.578. The van der Waals surface area contributed by atoms with Gasteiger partial charge in [-0.2, -0.15) is 0 Å². The summed E-state index contributed by atoms with van der Waals surface area (Å²) in [4.78, 5) is 0. The minimum Gasteiger partial charge on any atom is -0.302 e. The van der Waals surface area contributed by atoms with Crippen molar-refractivity contribution < 1.29 is 0 Å².